The van der Waals surface area contributed by atoms with Crippen LogP contribution in [-0.2, 0) is 9.47 Å². The standard InChI is InChI=1S/C8H16O4/c1-3-11-4-6-8(10)7(9)5(2)12-6/h5-10H,3-4H2,1-2H3/t5-,6+,7?,8?/m0/s1. The highest BCUT2D eigenvalue weighted by Crippen LogP contribution is 2.20. The number of aliphatic hydroxyl groups is 2. The highest BCUT2D eigenvalue weighted by atomic mass is 16.6. The summed E-state index contributed by atoms with van der Waals surface area (Å²) in [5.74, 6) is 0. The fourth-order valence-corrected chi connectivity index (χ4v) is 1.31. The molecule has 72 valence electrons. The zero-order chi connectivity index (χ0) is 9.14. The Hall–Kier alpha value is -0.160. The second-order valence-electron chi connectivity index (χ2n) is 3.02. The summed E-state index contributed by atoms with van der Waals surface area (Å²) in [7, 11) is 0. The summed E-state index contributed by atoms with van der Waals surface area (Å²) in [5.41, 5.74) is 0. The molecule has 0 aromatic rings. The maximum atomic E-state index is 9.40. The molecule has 12 heavy (non-hydrogen) atoms. The van der Waals surface area contributed by atoms with Gasteiger partial charge >= 0.3 is 0 Å². The minimum Gasteiger partial charge on any atom is -0.388 e. The Morgan fingerprint density at radius 3 is 2.42 bits per heavy atom. The summed E-state index contributed by atoms with van der Waals surface area (Å²) in [6.07, 6.45) is -2.28. The molecule has 0 spiro atoms. The molecule has 0 bridgehead atoms. The van der Waals surface area contributed by atoms with Crippen molar-refractivity contribution in [3.63, 3.8) is 0 Å². The van der Waals surface area contributed by atoms with Gasteiger partial charge in [-0.25, -0.2) is 0 Å². The van der Waals surface area contributed by atoms with Crippen LogP contribution in [0.25, 0.3) is 0 Å². The Labute approximate surface area is 72.1 Å². The number of hydrogen-bond donors (Lipinski definition) is 2. The maximum absolute atomic E-state index is 9.40. The van der Waals surface area contributed by atoms with Gasteiger partial charge in [0.15, 0.2) is 0 Å². The average molecular weight is 176 g/mol. The molecule has 0 aromatic carbocycles. The molecule has 1 aliphatic rings. The predicted octanol–water partition coefficient (Wildman–Crippen LogP) is -0.468. The minimum atomic E-state index is -0.813. The van der Waals surface area contributed by atoms with Gasteiger partial charge in [0.25, 0.3) is 0 Å². The summed E-state index contributed by atoms with van der Waals surface area (Å²) in [6.45, 7) is 4.55. The molecule has 0 aromatic heterocycles. The zero-order valence-electron chi connectivity index (χ0n) is 7.43. The van der Waals surface area contributed by atoms with E-state index in [2.05, 4.69) is 0 Å². The summed E-state index contributed by atoms with van der Waals surface area (Å²) in [5, 5.41) is 18.7. The van der Waals surface area contributed by atoms with E-state index in [1.807, 2.05) is 6.92 Å². The second kappa shape index (κ2) is 4.18. The van der Waals surface area contributed by atoms with Crippen LogP contribution < -0.4 is 0 Å². The van der Waals surface area contributed by atoms with Crippen LogP contribution in [0.5, 0.6) is 0 Å². The lowest BCUT2D eigenvalue weighted by atomic mass is 10.1. The Bertz CT molecular complexity index is 139. The fraction of sp³-hybridized carbons (Fsp3) is 1.00. The molecular formula is C8H16O4. The van der Waals surface area contributed by atoms with E-state index in [4.69, 9.17) is 9.47 Å². The van der Waals surface area contributed by atoms with E-state index in [-0.39, 0.29) is 12.2 Å². The van der Waals surface area contributed by atoms with Crippen molar-refractivity contribution in [2.45, 2.75) is 38.3 Å². The van der Waals surface area contributed by atoms with Crippen LogP contribution in [0.15, 0.2) is 0 Å². The van der Waals surface area contributed by atoms with Gasteiger partial charge in [-0.2, -0.15) is 0 Å². The van der Waals surface area contributed by atoms with Crippen LogP contribution in [0.2, 0.25) is 0 Å². The molecule has 1 saturated heterocycles. The molecule has 1 rings (SSSR count). The van der Waals surface area contributed by atoms with E-state index < -0.39 is 12.2 Å². The summed E-state index contributed by atoms with van der Waals surface area (Å²) in [6, 6.07) is 0. The number of ether oxygens (including phenoxy) is 2. The van der Waals surface area contributed by atoms with E-state index in [0.717, 1.165) is 0 Å². The first kappa shape index (κ1) is 9.92. The van der Waals surface area contributed by atoms with Crippen molar-refractivity contribution in [1.82, 2.24) is 0 Å². The van der Waals surface area contributed by atoms with Gasteiger partial charge in [-0.15, -0.1) is 0 Å². The van der Waals surface area contributed by atoms with Crippen LogP contribution in [0, 0.1) is 0 Å². The topological polar surface area (TPSA) is 58.9 Å². The van der Waals surface area contributed by atoms with Crippen molar-refractivity contribution in [3.05, 3.63) is 0 Å². The molecule has 0 aliphatic carbocycles. The lowest BCUT2D eigenvalue weighted by Crippen LogP contribution is -2.33. The van der Waals surface area contributed by atoms with Gasteiger partial charge in [0.05, 0.1) is 12.7 Å². The van der Waals surface area contributed by atoms with Gasteiger partial charge in [-0.3, -0.25) is 0 Å². The van der Waals surface area contributed by atoms with Crippen molar-refractivity contribution in [2.75, 3.05) is 13.2 Å². The van der Waals surface area contributed by atoms with Gasteiger partial charge < -0.3 is 19.7 Å². The quantitative estimate of drug-likeness (QED) is 0.610. The third-order valence-corrected chi connectivity index (χ3v) is 2.09. The molecule has 1 heterocycles. The lowest BCUT2D eigenvalue weighted by molar-refractivity contribution is -0.0382. The van der Waals surface area contributed by atoms with Crippen LogP contribution in [0.3, 0.4) is 0 Å². The minimum absolute atomic E-state index is 0.301. The van der Waals surface area contributed by atoms with E-state index in [1.54, 1.807) is 6.92 Å². The number of aliphatic hydroxyl groups excluding tert-OH is 2. The molecule has 4 atom stereocenters. The van der Waals surface area contributed by atoms with E-state index >= 15 is 0 Å². The third-order valence-electron chi connectivity index (χ3n) is 2.09. The van der Waals surface area contributed by atoms with Crippen LogP contribution in [-0.4, -0.2) is 47.8 Å². The van der Waals surface area contributed by atoms with Crippen molar-refractivity contribution in [1.29, 1.82) is 0 Å². The van der Waals surface area contributed by atoms with Crippen LogP contribution in [0.4, 0.5) is 0 Å². The number of rotatable bonds is 3. The van der Waals surface area contributed by atoms with Crippen LogP contribution in [0.1, 0.15) is 13.8 Å². The van der Waals surface area contributed by atoms with E-state index in [9.17, 15) is 10.2 Å². The van der Waals surface area contributed by atoms with E-state index in [0.29, 0.717) is 13.2 Å². The first-order valence-electron chi connectivity index (χ1n) is 4.26. The molecule has 2 unspecified atom stereocenters. The Balaban J connectivity index is 2.36. The lowest BCUT2D eigenvalue weighted by Gasteiger charge is -2.13. The molecule has 2 N–H and O–H groups in total. The van der Waals surface area contributed by atoms with Gasteiger partial charge in [-0.1, -0.05) is 0 Å². The molecule has 0 radical (unpaired) electrons. The zero-order valence-corrected chi connectivity index (χ0v) is 7.43. The molecule has 4 nitrogen and oxygen atoms in total. The van der Waals surface area contributed by atoms with Crippen molar-refractivity contribution >= 4 is 0 Å². The normalized spacial score (nSPS) is 42.0. The van der Waals surface area contributed by atoms with Crippen molar-refractivity contribution < 1.29 is 19.7 Å². The highest BCUT2D eigenvalue weighted by molar-refractivity contribution is 4.88. The summed E-state index contributed by atoms with van der Waals surface area (Å²) >= 11 is 0. The largest absolute Gasteiger partial charge is 0.388 e. The molecule has 1 aliphatic heterocycles. The van der Waals surface area contributed by atoms with Crippen molar-refractivity contribution in [2.24, 2.45) is 0 Å². The van der Waals surface area contributed by atoms with E-state index in [1.165, 1.54) is 0 Å². The first-order chi connectivity index (χ1) is 5.66. The fourth-order valence-electron chi connectivity index (χ4n) is 1.31. The maximum Gasteiger partial charge on any atom is 0.111 e. The first-order valence-corrected chi connectivity index (χ1v) is 4.26. The molecular weight excluding hydrogens is 160 g/mol. The summed E-state index contributed by atoms with van der Waals surface area (Å²) < 4.78 is 10.4. The number of hydrogen-bond acceptors (Lipinski definition) is 4. The monoisotopic (exact) mass is 176 g/mol. The van der Waals surface area contributed by atoms with Crippen LogP contribution >= 0.6 is 0 Å². The van der Waals surface area contributed by atoms with Gasteiger partial charge in [0, 0.05) is 6.61 Å². The Morgan fingerprint density at radius 1 is 1.33 bits per heavy atom. The summed E-state index contributed by atoms with van der Waals surface area (Å²) in [4.78, 5) is 0. The van der Waals surface area contributed by atoms with Crippen molar-refractivity contribution in [3.8, 4) is 0 Å². The van der Waals surface area contributed by atoms with Gasteiger partial charge in [-0.05, 0) is 13.8 Å². The molecule has 0 saturated carbocycles. The molecule has 0 amide bonds. The average Bonchev–Trinajstić information content (AvgIpc) is 2.30. The highest BCUT2D eigenvalue weighted by Gasteiger charge is 2.39. The van der Waals surface area contributed by atoms with Gasteiger partial charge in [0.2, 0.25) is 0 Å². The SMILES string of the molecule is CCOC[C@H]1O[C@@H](C)C(O)C1O. The predicted molar refractivity (Wildman–Crippen MR) is 42.8 cm³/mol. The Kier molecular flexibility index (Phi) is 3.46. The Morgan fingerprint density at radius 2 is 2.00 bits per heavy atom. The second-order valence-corrected chi connectivity index (χ2v) is 3.02. The van der Waals surface area contributed by atoms with Gasteiger partial charge in [0.1, 0.15) is 18.3 Å². The third kappa shape index (κ3) is 1.95. The molecule has 4 heteroatoms. The smallest absolute Gasteiger partial charge is 0.111 e. The molecule has 1 fully saturated rings.